The molecule has 0 spiro atoms. The molecule has 2 N–H and O–H groups in total. The van der Waals surface area contributed by atoms with Crippen LogP contribution < -0.4 is 10.6 Å². The van der Waals surface area contributed by atoms with Gasteiger partial charge in [0, 0.05) is 19.0 Å². The molecule has 0 heterocycles. The standard InChI is InChI=1S/C13H14F2N2O2/c14-10-3-1-2-9(11(10)15)13(19)17-7-6-16-12(18)8-4-5-8/h1-3,8H,4-7H2,(H,16,18)(H,17,19). The number of carbonyl (C=O) groups is 2. The quantitative estimate of drug-likeness (QED) is 0.789. The van der Waals surface area contributed by atoms with E-state index in [4.69, 9.17) is 0 Å². The second kappa shape index (κ2) is 5.77. The molecule has 2 amide bonds. The Labute approximate surface area is 109 Å². The maximum absolute atomic E-state index is 13.3. The molecule has 1 aliphatic rings. The van der Waals surface area contributed by atoms with Crippen LogP contribution in [0.25, 0.3) is 0 Å². The molecule has 0 saturated heterocycles. The number of halogens is 2. The van der Waals surface area contributed by atoms with Crippen molar-refractivity contribution in [3.63, 3.8) is 0 Å². The lowest BCUT2D eigenvalue weighted by atomic mass is 10.2. The summed E-state index contributed by atoms with van der Waals surface area (Å²) in [5, 5.41) is 5.08. The van der Waals surface area contributed by atoms with Crippen LogP contribution in [0.4, 0.5) is 8.78 Å². The molecule has 0 aliphatic heterocycles. The third-order valence-corrected chi connectivity index (χ3v) is 2.85. The van der Waals surface area contributed by atoms with E-state index < -0.39 is 17.5 Å². The van der Waals surface area contributed by atoms with E-state index in [1.165, 1.54) is 12.1 Å². The zero-order valence-corrected chi connectivity index (χ0v) is 10.2. The average Bonchev–Trinajstić information content (AvgIpc) is 3.21. The summed E-state index contributed by atoms with van der Waals surface area (Å²) in [5.41, 5.74) is -0.339. The monoisotopic (exact) mass is 268 g/mol. The summed E-state index contributed by atoms with van der Waals surface area (Å²) in [5.74, 6) is -2.84. The van der Waals surface area contributed by atoms with Crippen molar-refractivity contribution in [1.82, 2.24) is 10.6 Å². The molecule has 19 heavy (non-hydrogen) atoms. The average molecular weight is 268 g/mol. The Morgan fingerprint density at radius 3 is 2.53 bits per heavy atom. The van der Waals surface area contributed by atoms with Gasteiger partial charge in [-0.15, -0.1) is 0 Å². The third-order valence-electron chi connectivity index (χ3n) is 2.85. The molecule has 0 radical (unpaired) electrons. The van der Waals surface area contributed by atoms with Gasteiger partial charge in [-0.1, -0.05) is 6.07 Å². The van der Waals surface area contributed by atoms with Gasteiger partial charge in [0.05, 0.1) is 5.56 Å². The first-order valence-electron chi connectivity index (χ1n) is 6.09. The Balaban J connectivity index is 1.77. The molecule has 0 bridgehead atoms. The molecule has 1 fully saturated rings. The summed E-state index contributed by atoms with van der Waals surface area (Å²) >= 11 is 0. The van der Waals surface area contributed by atoms with Gasteiger partial charge in [-0.3, -0.25) is 9.59 Å². The number of hydrogen-bond donors (Lipinski definition) is 2. The third kappa shape index (κ3) is 3.49. The highest BCUT2D eigenvalue weighted by molar-refractivity contribution is 5.94. The zero-order chi connectivity index (χ0) is 13.8. The van der Waals surface area contributed by atoms with Crippen molar-refractivity contribution in [2.45, 2.75) is 12.8 Å². The summed E-state index contributed by atoms with van der Waals surface area (Å²) in [6.07, 6.45) is 1.82. The van der Waals surface area contributed by atoms with Gasteiger partial charge in [0.25, 0.3) is 5.91 Å². The fourth-order valence-corrected chi connectivity index (χ4v) is 1.63. The van der Waals surface area contributed by atoms with Gasteiger partial charge in [-0.25, -0.2) is 8.78 Å². The molecule has 1 aliphatic carbocycles. The first-order valence-corrected chi connectivity index (χ1v) is 6.09. The Hall–Kier alpha value is -1.98. The highest BCUT2D eigenvalue weighted by Gasteiger charge is 2.29. The van der Waals surface area contributed by atoms with Crippen LogP contribution in [0.3, 0.4) is 0 Å². The zero-order valence-electron chi connectivity index (χ0n) is 10.2. The molecule has 1 aromatic carbocycles. The summed E-state index contributed by atoms with van der Waals surface area (Å²) in [6, 6.07) is 3.42. The van der Waals surface area contributed by atoms with Gasteiger partial charge in [0.15, 0.2) is 11.6 Å². The lowest BCUT2D eigenvalue weighted by Crippen LogP contribution is -2.35. The summed E-state index contributed by atoms with van der Waals surface area (Å²) < 4.78 is 26.2. The number of carbonyl (C=O) groups excluding carboxylic acids is 2. The van der Waals surface area contributed by atoms with Crippen molar-refractivity contribution >= 4 is 11.8 Å². The molecule has 6 heteroatoms. The van der Waals surface area contributed by atoms with Gasteiger partial charge in [0.1, 0.15) is 0 Å². The van der Waals surface area contributed by atoms with E-state index in [0.29, 0.717) is 0 Å². The van der Waals surface area contributed by atoms with Crippen LogP contribution in [0.15, 0.2) is 18.2 Å². The van der Waals surface area contributed by atoms with Crippen molar-refractivity contribution in [3.8, 4) is 0 Å². The van der Waals surface area contributed by atoms with E-state index in [2.05, 4.69) is 10.6 Å². The highest BCUT2D eigenvalue weighted by Crippen LogP contribution is 2.28. The molecule has 2 rings (SSSR count). The SMILES string of the molecule is O=C(NCCNC(=O)C1CC1)c1cccc(F)c1F. The summed E-state index contributed by atoms with van der Waals surface area (Å²) in [7, 11) is 0. The van der Waals surface area contributed by atoms with E-state index >= 15 is 0 Å². The molecule has 4 nitrogen and oxygen atoms in total. The molecule has 0 unspecified atom stereocenters. The molecule has 0 atom stereocenters. The number of hydrogen-bond acceptors (Lipinski definition) is 2. The number of benzene rings is 1. The maximum atomic E-state index is 13.3. The number of amides is 2. The van der Waals surface area contributed by atoms with Crippen LogP contribution in [0.1, 0.15) is 23.2 Å². The van der Waals surface area contributed by atoms with Crippen molar-refractivity contribution in [2.24, 2.45) is 5.92 Å². The van der Waals surface area contributed by atoms with Crippen molar-refractivity contribution in [1.29, 1.82) is 0 Å². The van der Waals surface area contributed by atoms with E-state index in [9.17, 15) is 18.4 Å². The Morgan fingerprint density at radius 2 is 1.84 bits per heavy atom. The van der Waals surface area contributed by atoms with Crippen LogP contribution in [-0.4, -0.2) is 24.9 Å². The molecule has 102 valence electrons. The van der Waals surface area contributed by atoms with E-state index in [-0.39, 0.29) is 30.5 Å². The largest absolute Gasteiger partial charge is 0.354 e. The smallest absolute Gasteiger partial charge is 0.254 e. The first kappa shape index (κ1) is 13.5. The van der Waals surface area contributed by atoms with Crippen LogP contribution in [-0.2, 0) is 4.79 Å². The minimum atomic E-state index is -1.16. The molecule has 1 aromatic rings. The summed E-state index contributed by atoms with van der Waals surface area (Å²) in [6.45, 7) is 0.450. The molecular weight excluding hydrogens is 254 g/mol. The van der Waals surface area contributed by atoms with E-state index in [0.717, 1.165) is 18.9 Å². The fourth-order valence-electron chi connectivity index (χ4n) is 1.63. The molecule has 1 saturated carbocycles. The van der Waals surface area contributed by atoms with Crippen molar-refractivity contribution in [2.75, 3.05) is 13.1 Å². The van der Waals surface area contributed by atoms with Gasteiger partial charge in [-0.05, 0) is 25.0 Å². The van der Waals surface area contributed by atoms with Crippen LogP contribution in [0.5, 0.6) is 0 Å². The maximum Gasteiger partial charge on any atom is 0.254 e. The second-order valence-electron chi connectivity index (χ2n) is 4.42. The number of rotatable bonds is 5. The minimum Gasteiger partial charge on any atom is -0.354 e. The first-order chi connectivity index (χ1) is 9.09. The van der Waals surface area contributed by atoms with Crippen LogP contribution in [0.2, 0.25) is 0 Å². The minimum absolute atomic E-state index is 0.0221. The van der Waals surface area contributed by atoms with Crippen LogP contribution in [0, 0.1) is 17.6 Å². The van der Waals surface area contributed by atoms with Crippen LogP contribution >= 0.6 is 0 Å². The topological polar surface area (TPSA) is 58.2 Å². The van der Waals surface area contributed by atoms with Gasteiger partial charge in [0.2, 0.25) is 5.91 Å². The lowest BCUT2D eigenvalue weighted by molar-refractivity contribution is -0.122. The highest BCUT2D eigenvalue weighted by atomic mass is 19.2. The Morgan fingerprint density at radius 1 is 1.16 bits per heavy atom. The van der Waals surface area contributed by atoms with Gasteiger partial charge < -0.3 is 10.6 Å². The van der Waals surface area contributed by atoms with Crippen molar-refractivity contribution < 1.29 is 18.4 Å². The molecule has 0 aromatic heterocycles. The Kier molecular flexibility index (Phi) is 4.09. The molecular formula is C13H14F2N2O2. The van der Waals surface area contributed by atoms with E-state index in [1.54, 1.807) is 0 Å². The van der Waals surface area contributed by atoms with E-state index in [1.807, 2.05) is 0 Å². The van der Waals surface area contributed by atoms with Gasteiger partial charge in [-0.2, -0.15) is 0 Å². The normalized spacial score (nSPS) is 14.0. The second-order valence-corrected chi connectivity index (χ2v) is 4.42. The fraction of sp³-hybridized carbons (Fsp3) is 0.385. The summed E-state index contributed by atoms with van der Waals surface area (Å²) in [4.78, 5) is 22.9. The lowest BCUT2D eigenvalue weighted by Gasteiger charge is -2.07. The predicted octanol–water partition coefficient (Wildman–Crippen LogP) is 1.22. The van der Waals surface area contributed by atoms with Crippen molar-refractivity contribution in [3.05, 3.63) is 35.4 Å². The van der Waals surface area contributed by atoms with Gasteiger partial charge >= 0.3 is 0 Å². The number of nitrogens with one attached hydrogen (secondary N) is 2. The Bertz CT molecular complexity index is 501. The predicted molar refractivity (Wildman–Crippen MR) is 64.4 cm³/mol.